The van der Waals surface area contributed by atoms with Crippen molar-refractivity contribution in [2.24, 2.45) is 11.7 Å². The summed E-state index contributed by atoms with van der Waals surface area (Å²) in [5.74, 6) is 0.0271. The van der Waals surface area contributed by atoms with E-state index >= 15 is 0 Å². The van der Waals surface area contributed by atoms with Crippen molar-refractivity contribution in [3.05, 3.63) is 66.0 Å². The van der Waals surface area contributed by atoms with E-state index in [1.54, 1.807) is 36.7 Å². The lowest BCUT2D eigenvalue weighted by atomic mass is 10.1. The molecule has 2 aromatic rings. The molecule has 1 fully saturated rings. The number of benzene rings is 1. The van der Waals surface area contributed by atoms with Crippen molar-refractivity contribution in [1.29, 1.82) is 0 Å². The Kier molecular flexibility index (Phi) is 5.96. The third-order valence-corrected chi connectivity index (χ3v) is 4.73. The predicted molar refractivity (Wildman–Crippen MR) is 99.4 cm³/mol. The molecule has 0 spiro atoms. The number of pyridine rings is 1. The van der Waals surface area contributed by atoms with E-state index in [1.807, 2.05) is 23.1 Å². The summed E-state index contributed by atoms with van der Waals surface area (Å²) in [6.45, 7) is 1.92. The van der Waals surface area contributed by atoms with Crippen LogP contribution in [0.1, 0.15) is 22.3 Å². The van der Waals surface area contributed by atoms with Crippen molar-refractivity contribution in [2.75, 3.05) is 19.6 Å². The maximum Gasteiger partial charge on any atom is 0.251 e. The van der Waals surface area contributed by atoms with E-state index in [0.29, 0.717) is 37.5 Å². The number of aromatic nitrogens is 1. The van der Waals surface area contributed by atoms with Gasteiger partial charge in [-0.05, 0) is 42.6 Å². The van der Waals surface area contributed by atoms with Gasteiger partial charge in [-0.2, -0.15) is 0 Å². The highest BCUT2D eigenvalue weighted by Gasteiger charge is 2.31. The number of likely N-dealkylation sites (tertiary alicyclic amines) is 1. The van der Waals surface area contributed by atoms with Gasteiger partial charge in [0, 0.05) is 37.5 Å². The average molecular weight is 352 g/mol. The van der Waals surface area contributed by atoms with Crippen LogP contribution in [0.3, 0.4) is 0 Å². The zero-order valence-electron chi connectivity index (χ0n) is 14.7. The second-order valence-electron chi connectivity index (χ2n) is 6.63. The minimum Gasteiger partial charge on any atom is -0.341 e. The lowest BCUT2D eigenvalue weighted by Crippen LogP contribution is -2.49. The minimum absolute atomic E-state index is 0.0610. The van der Waals surface area contributed by atoms with Crippen LogP contribution < -0.4 is 11.1 Å². The van der Waals surface area contributed by atoms with E-state index in [1.165, 1.54) is 0 Å². The highest BCUT2D eigenvalue weighted by atomic mass is 16.2. The van der Waals surface area contributed by atoms with Gasteiger partial charge >= 0.3 is 0 Å². The number of nitrogens with zero attached hydrogens (tertiary/aromatic N) is 2. The summed E-state index contributed by atoms with van der Waals surface area (Å²) in [6.07, 6.45) is 4.74. The molecule has 0 radical (unpaired) electrons. The molecule has 6 nitrogen and oxygen atoms in total. The Morgan fingerprint density at radius 3 is 2.69 bits per heavy atom. The lowest BCUT2D eigenvalue weighted by molar-refractivity contribution is -0.132. The van der Waals surface area contributed by atoms with E-state index in [9.17, 15) is 9.59 Å². The van der Waals surface area contributed by atoms with Gasteiger partial charge in [0.15, 0.2) is 0 Å². The first-order chi connectivity index (χ1) is 12.7. The highest BCUT2D eigenvalue weighted by Crippen LogP contribution is 2.17. The second-order valence-corrected chi connectivity index (χ2v) is 6.63. The summed E-state index contributed by atoms with van der Waals surface area (Å²) in [6, 6.07) is 12.1. The van der Waals surface area contributed by atoms with Crippen molar-refractivity contribution in [3.8, 4) is 0 Å². The molecule has 3 N–H and O–H groups in total. The van der Waals surface area contributed by atoms with Crippen molar-refractivity contribution in [1.82, 2.24) is 15.2 Å². The Balaban J connectivity index is 1.75. The van der Waals surface area contributed by atoms with E-state index in [2.05, 4.69) is 10.3 Å². The van der Waals surface area contributed by atoms with Crippen LogP contribution in [-0.2, 0) is 11.2 Å². The van der Waals surface area contributed by atoms with Gasteiger partial charge in [0.1, 0.15) is 6.04 Å². The molecule has 1 aliphatic rings. The fourth-order valence-electron chi connectivity index (χ4n) is 3.23. The van der Waals surface area contributed by atoms with E-state index in [-0.39, 0.29) is 11.8 Å². The third-order valence-electron chi connectivity index (χ3n) is 4.73. The zero-order chi connectivity index (χ0) is 18.4. The molecule has 0 saturated carbocycles. The van der Waals surface area contributed by atoms with Gasteiger partial charge in [0.25, 0.3) is 5.91 Å². The molecular weight excluding hydrogens is 328 g/mol. The minimum atomic E-state index is -0.622. The quantitative estimate of drug-likeness (QED) is 0.818. The van der Waals surface area contributed by atoms with Crippen LogP contribution >= 0.6 is 0 Å². The normalized spacial score (nSPS) is 17.7. The molecule has 26 heavy (non-hydrogen) atoms. The summed E-state index contributed by atoms with van der Waals surface area (Å²) in [7, 11) is 0. The van der Waals surface area contributed by atoms with Crippen molar-refractivity contribution in [3.63, 3.8) is 0 Å². The fraction of sp³-hybridized carbons (Fsp3) is 0.350. The predicted octanol–water partition coefficient (Wildman–Crippen LogP) is 1.23. The van der Waals surface area contributed by atoms with Crippen LogP contribution in [0, 0.1) is 5.92 Å². The Morgan fingerprint density at radius 1 is 1.23 bits per heavy atom. The molecule has 3 rings (SSSR count). The summed E-state index contributed by atoms with van der Waals surface area (Å²) < 4.78 is 0. The summed E-state index contributed by atoms with van der Waals surface area (Å²) in [4.78, 5) is 31.5. The number of hydrogen-bond acceptors (Lipinski definition) is 4. The van der Waals surface area contributed by atoms with Crippen LogP contribution in [0.5, 0.6) is 0 Å². The van der Waals surface area contributed by atoms with Crippen LogP contribution in [0.25, 0.3) is 0 Å². The molecule has 2 heterocycles. The Labute approximate surface area is 153 Å². The first-order valence-corrected chi connectivity index (χ1v) is 8.91. The SMILES string of the molecule is NCC1CCN(C(=O)C(Cc2cccnc2)NC(=O)c2ccccc2)C1. The average Bonchev–Trinajstić information content (AvgIpc) is 3.17. The first-order valence-electron chi connectivity index (χ1n) is 8.91. The van der Waals surface area contributed by atoms with Crippen LogP contribution in [0.15, 0.2) is 54.9 Å². The maximum atomic E-state index is 13.0. The standard InChI is InChI=1S/C20H24N4O2/c21-12-16-8-10-24(14-16)20(26)18(11-15-5-4-9-22-13-15)23-19(25)17-6-2-1-3-7-17/h1-7,9,13,16,18H,8,10-12,14,21H2,(H,23,25). The highest BCUT2D eigenvalue weighted by molar-refractivity contribution is 5.97. The molecule has 2 atom stereocenters. The van der Waals surface area contributed by atoms with Gasteiger partial charge in [-0.1, -0.05) is 24.3 Å². The van der Waals surface area contributed by atoms with Crippen LogP contribution in [-0.4, -0.2) is 47.4 Å². The molecular formula is C20H24N4O2. The Hall–Kier alpha value is -2.73. The number of nitrogens with one attached hydrogen (secondary N) is 1. The fourth-order valence-corrected chi connectivity index (χ4v) is 3.23. The summed E-state index contributed by atoms with van der Waals surface area (Å²) in [5.41, 5.74) is 7.19. The topological polar surface area (TPSA) is 88.3 Å². The Morgan fingerprint density at radius 2 is 2.04 bits per heavy atom. The largest absolute Gasteiger partial charge is 0.341 e. The molecule has 1 aromatic heterocycles. The molecule has 1 aromatic carbocycles. The van der Waals surface area contributed by atoms with E-state index in [0.717, 1.165) is 12.0 Å². The number of amides is 2. The molecule has 1 saturated heterocycles. The summed E-state index contributed by atoms with van der Waals surface area (Å²) >= 11 is 0. The monoisotopic (exact) mass is 352 g/mol. The third kappa shape index (κ3) is 4.46. The van der Waals surface area contributed by atoms with Gasteiger partial charge in [-0.15, -0.1) is 0 Å². The first kappa shape index (κ1) is 18.1. The zero-order valence-corrected chi connectivity index (χ0v) is 14.7. The molecule has 0 aliphatic carbocycles. The Bertz CT molecular complexity index is 736. The summed E-state index contributed by atoms with van der Waals surface area (Å²) in [5, 5.41) is 2.90. The van der Waals surface area contributed by atoms with Crippen molar-refractivity contribution in [2.45, 2.75) is 18.9 Å². The van der Waals surface area contributed by atoms with Gasteiger partial charge in [0.05, 0.1) is 0 Å². The maximum absolute atomic E-state index is 13.0. The van der Waals surface area contributed by atoms with Crippen LogP contribution in [0.4, 0.5) is 0 Å². The van der Waals surface area contributed by atoms with Crippen molar-refractivity contribution >= 4 is 11.8 Å². The number of nitrogens with two attached hydrogens (primary N) is 1. The molecule has 136 valence electrons. The van der Waals surface area contributed by atoms with Crippen LogP contribution in [0.2, 0.25) is 0 Å². The number of carbonyl (C=O) groups is 2. The van der Waals surface area contributed by atoms with E-state index < -0.39 is 6.04 Å². The van der Waals surface area contributed by atoms with Gasteiger partial charge in [0.2, 0.25) is 5.91 Å². The van der Waals surface area contributed by atoms with Gasteiger partial charge in [-0.3, -0.25) is 14.6 Å². The lowest BCUT2D eigenvalue weighted by Gasteiger charge is -2.24. The molecule has 2 unspecified atom stereocenters. The molecule has 2 amide bonds. The van der Waals surface area contributed by atoms with E-state index in [4.69, 9.17) is 5.73 Å². The second kappa shape index (κ2) is 8.58. The smallest absolute Gasteiger partial charge is 0.251 e. The van der Waals surface area contributed by atoms with Gasteiger partial charge < -0.3 is 16.0 Å². The molecule has 6 heteroatoms. The number of rotatable bonds is 6. The molecule has 0 bridgehead atoms. The number of carbonyl (C=O) groups excluding carboxylic acids is 2. The van der Waals surface area contributed by atoms with Crippen molar-refractivity contribution < 1.29 is 9.59 Å². The van der Waals surface area contributed by atoms with Gasteiger partial charge in [-0.25, -0.2) is 0 Å². The molecule has 1 aliphatic heterocycles. The number of hydrogen-bond donors (Lipinski definition) is 2.